The summed E-state index contributed by atoms with van der Waals surface area (Å²) in [6, 6.07) is 0.676. The van der Waals surface area contributed by atoms with Gasteiger partial charge in [-0.1, -0.05) is 12.8 Å². The van der Waals surface area contributed by atoms with E-state index in [0.29, 0.717) is 25.6 Å². The van der Waals surface area contributed by atoms with Crippen LogP contribution in [-0.2, 0) is 9.59 Å². The molecule has 20 heavy (non-hydrogen) atoms. The van der Waals surface area contributed by atoms with E-state index >= 15 is 0 Å². The molecular weight excluding hydrogens is 260 g/mol. The molecule has 2 unspecified atom stereocenters. The fourth-order valence-corrected chi connectivity index (χ4v) is 3.35. The van der Waals surface area contributed by atoms with Crippen LogP contribution in [0.4, 0.5) is 0 Å². The van der Waals surface area contributed by atoms with Gasteiger partial charge in [0.15, 0.2) is 0 Å². The van der Waals surface area contributed by atoms with Crippen LogP contribution in [0.15, 0.2) is 0 Å². The lowest BCUT2D eigenvalue weighted by molar-refractivity contribution is -0.144. The van der Waals surface area contributed by atoms with Crippen molar-refractivity contribution >= 4 is 11.9 Å². The van der Waals surface area contributed by atoms with Gasteiger partial charge in [-0.25, -0.2) is 0 Å². The molecule has 0 aromatic rings. The zero-order valence-corrected chi connectivity index (χ0v) is 11.8. The van der Waals surface area contributed by atoms with E-state index in [1.54, 1.807) is 0 Å². The summed E-state index contributed by atoms with van der Waals surface area (Å²) in [5.41, 5.74) is 0. The standard InChI is InChI=1S/C14H24N2O4/c17-13(18)5-6-16-8-10(14(19)20)7-12(9-16)15-11-3-1-2-4-11/h10-12,15H,1-9H2,(H,17,18)(H,19,20). The number of hydrogen-bond donors (Lipinski definition) is 3. The number of rotatable bonds is 6. The zero-order valence-electron chi connectivity index (χ0n) is 11.8. The SMILES string of the molecule is O=C(O)CCN1CC(NC2CCCC2)CC(C(=O)O)C1. The molecule has 0 amide bonds. The Morgan fingerprint density at radius 2 is 1.80 bits per heavy atom. The molecule has 6 nitrogen and oxygen atoms in total. The molecule has 114 valence electrons. The monoisotopic (exact) mass is 284 g/mol. The second-order valence-electron chi connectivity index (χ2n) is 6.02. The Kier molecular flexibility index (Phi) is 5.37. The summed E-state index contributed by atoms with van der Waals surface area (Å²) in [6.07, 6.45) is 5.55. The number of aliphatic carboxylic acids is 2. The summed E-state index contributed by atoms with van der Waals surface area (Å²) in [5.74, 6) is -2.00. The Balaban J connectivity index is 1.89. The van der Waals surface area contributed by atoms with Crippen molar-refractivity contribution in [2.45, 2.75) is 50.6 Å². The maximum Gasteiger partial charge on any atom is 0.307 e. The van der Waals surface area contributed by atoms with Gasteiger partial charge in [0, 0.05) is 31.7 Å². The second kappa shape index (κ2) is 7.04. The maximum atomic E-state index is 11.3. The Morgan fingerprint density at radius 3 is 2.40 bits per heavy atom. The second-order valence-corrected chi connectivity index (χ2v) is 6.02. The molecule has 2 atom stereocenters. The van der Waals surface area contributed by atoms with E-state index in [-0.39, 0.29) is 12.5 Å². The number of carboxylic acid groups (broad SMARTS) is 2. The number of carboxylic acids is 2. The van der Waals surface area contributed by atoms with Gasteiger partial charge >= 0.3 is 11.9 Å². The summed E-state index contributed by atoms with van der Waals surface area (Å²) >= 11 is 0. The van der Waals surface area contributed by atoms with Crippen LogP contribution < -0.4 is 5.32 Å². The third-order valence-corrected chi connectivity index (χ3v) is 4.34. The molecule has 0 aromatic heterocycles. The third kappa shape index (κ3) is 4.45. The van der Waals surface area contributed by atoms with E-state index in [0.717, 1.165) is 6.54 Å². The third-order valence-electron chi connectivity index (χ3n) is 4.34. The highest BCUT2D eigenvalue weighted by Crippen LogP contribution is 2.22. The van der Waals surface area contributed by atoms with Gasteiger partial charge in [-0.2, -0.15) is 0 Å². The molecule has 1 heterocycles. The predicted molar refractivity (Wildman–Crippen MR) is 73.6 cm³/mol. The highest BCUT2D eigenvalue weighted by atomic mass is 16.4. The van der Waals surface area contributed by atoms with Gasteiger partial charge in [0.25, 0.3) is 0 Å². The smallest absolute Gasteiger partial charge is 0.307 e. The van der Waals surface area contributed by atoms with Gasteiger partial charge in [-0.15, -0.1) is 0 Å². The first kappa shape index (κ1) is 15.3. The molecule has 0 radical (unpaired) electrons. The maximum absolute atomic E-state index is 11.3. The van der Waals surface area contributed by atoms with Gasteiger partial charge in [0.05, 0.1) is 12.3 Å². The van der Waals surface area contributed by atoms with E-state index in [2.05, 4.69) is 5.32 Å². The van der Waals surface area contributed by atoms with E-state index < -0.39 is 17.9 Å². The molecule has 0 spiro atoms. The summed E-state index contributed by atoms with van der Waals surface area (Å²) in [6.45, 7) is 1.65. The Bertz CT molecular complexity index is 355. The highest BCUT2D eigenvalue weighted by Gasteiger charge is 2.32. The molecule has 1 saturated heterocycles. The number of nitrogens with zero attached hydrogens (tertiary/aromatic N) is 1. The first-order chi connectivity index (χ1) is 9.54. The molecule has 2 aliphatic rings. The van der Waals surface area contributed by atoms with Crippen molar-refractivity contribution < 1.29 is 19.8 Å². The van der Waals surface area contributed by atoms with E-state index in [4.69, 9.17) is 5.11 Å². The molecule has 1 saturated carbocycles. The number of piperidine rings is 1. The highest BCUT2D eigenvalue weighted by molar-refractivity contribution is 5.70. The first-order valence-corrected chi connectivity index (χ1v) is 7.47. The summed E-state index contributed by atoms with van der Waals surface area (Å²) in [4.78, 5) is 23.9. The van der Waals surface area contributed by atoms with Gasteiger partial charge in [-0.3, -0.25) is 9.59 Å². The molecule has 2 fully saturated rings. The molecular formula is C14H24N2O4. The molecule has 3 N–H and O–H groups in total. The summed E-state index contributed by atoms with van der Waals surface area (Å²) in [5, 5.41) is 21.6. The van der Waals surface area contributed by atoms with Gasteiger partial charge in [0.1, 0.15) is 0 Å². The Labute approximate surface area is 119 Å². The number of nitrogens with one attached hydrogen (secondary N) is 1. The van der Waals surface area contributed by atoms with Crippen LogP contribution in [0.2, 0.25) is 0 Å². The predicted octanol–water partition coefficient (Wildman–Crippen LogP) is 0.768. The molecule has 2 rings (SSSR count). The van der Waals surface area contributed by atoms with Crippen LogP contribution in [0.1, 0.15) is 38.5 Å². The minimum Gasteiger partial charge on any atom is -0.481 e. The first-order valence-electron chi connectivity index (χ1n) is 7.47. The lowest BCUT2D eigenvalue weighted by Crippen LogP contribution is -2.53. The van der Waals surface area contributed by atoms with Crippen molar-refractivity contribution in [3.8, 4) is 0 Å². The topological polar surface area (TPSA) is 89.9 Å². The van der Waals surface area contributed by atoms with Crippen molar-refractivity contribution in [2.24, 2.45) is 5.92 Å². The van der Waals surface area contributed by atoms with E-state index in [1.165, 1.54) is 25.7 Å². The Hall–Kier alpha value is -1.14. The fraction of sp³-hybridized carbons (Fsp3) is 0.857. The summed E-state index contributed by atoms with van der Waals surface area (Å²) in [7, 11) is 0. The minimum atomic E-state index is -0.831. The van der Waals surface area contributed by atoms with Gasteiger partial charge in [-0.05, 0) is 19.3 Å². The average Bonchev–Trinajstić information content (AvgIpc) is 2.89. The van der Waals surface area contributed by atoms with Crippen molar-refractivity contribution in [1.29, 1.82) is 0 Å². The average molecular weight is 284 g/mol. The number of carbonyl (C=O) groups is 2. The Morgan fingerprint density at radius 1 is 1.10 bits per heavy atom. The van der Waals surface area contributed by atoms with Crippen LogP contribution in [0.3, 0.4) is 0 Å². The number of hydrogen-bond acceptors (Lipinski definition) is 4. The van der Waals surface area contributed by atoms with E-state index in [9.17, 15) is 14.7 Å². The fourth-order valence-electron chi connectivity index (χ4n) is 3.35. The van der Waals surface area contributed by atoms with Crippen LogP contribution in [0.5, 0.6) is 0 Å². The lowest BCUT2D eigenvalue weighted by atomic mass is 9.93. The molecule has 1 aliphatic heterocycles. The van der Waals surface area contributed by atoms with Crippen molar-refractivity contribution in [2.75, 3.05) is 19.6 Å². The molecule has 1 aliphatic carbocycles. The number of likely N-dealkylation sites (tertiary alicyclic amines) is 1. The van der Waals surface area contributed by atoms with Crippen LogP contribution in [-0.4, -0.2) is 58.8 Å². The minimum absolute atomic E-state index is 0.0719. The van der Waals surface area contributed by atoms with Crippen molar-refractivity contribution in [1.82, 2.24) is 10.2 Å². The van der Waals surface area contributed by atoms with Crippen LogP contribution in [0, 0.1) is 5.92 Å². The lowest BCUT2D eigenvalue weighted by Gasteiger charge is -2.37. The normalized spacial score (nSPS) is 28.6. The molecule has 0 bridgehead atoms. The van der Waals surface area contributed by atoms with Crippen LogP contribution >= 0.6 is 0 Å². The molecule has 6 heteroatoms. The van der Waals surface area contributed by atoms with Gasteiger partial charge < -0.3 is 20.4 Å². The largest absolute Gasteiger partial charge is 0.481 e. The van der Waals surface area contributed by atoms with Crippen molar-refractivity contribution in [3.63, 3.8) is 0 Å². The van der Waals surface area contributed by atoms with Crippen LogP contribution in [0.25, 0.3) is 0 Å². The molecule has 0 aromatic carbocycles. The van der Waals surface area contributed by atoms with Crippen molar-refractivity contribution in [3.05, 3.63) is 0 Å². The quantitative estimate of drug-likeness (QED) is 0.667. The van der Waals surface area contributed by atoms with Gasteiger partial charge in [0.2, 0.25) is 0 Å². The summed E-state index contributed by atoms with van der Waals surface area (Å²) < 4.78 is 0. The van der Waals surface area contributed by atoms with E-state index in [1.807, 2.05) is 4.90 Å². The zero-order chi connectivity index (χ0) is 14.5.